The second kappa shape index (κ2) is 4.86. The third-order valence-electron chi connectivity index (χ3n) is 2.31. The number of ether oxygens (including phenoxy) is 3. The number of hydrogen-bond acceptors (Lipinski definition) is 3. The zero-order valence-corrected chi connectivity index (χ0v) is 10.1. The Morgan fingerprint density at radius 1 is 1.40 bits per heavy atom. The fourth-order valence-electron chi connectivity index (χ4n) is 1.53. The predicted octanol–water partition coefficient (Wildman–Crippen LogP) is 2.63. The molecule has 0 N–H and O–H groups in total. The maximum atomic E-state index is 5.80. The Balaban J connectivity index is 2.14. The van der Waals surface area contributed by atoms with Gasteiger partial charge in [-0.3, -0.25) is 0 Å². The first kappa shape index (κ1) is 10.8. The van der Waals surface area contributed by atoms with Crippen molar-refractivity contribution in [3.8, 4) is 11.5 Å². The third kappa shape index (κ3) is 2.63. The van der Waals surface area contributed by atoms with Gasteiger partial charge in [0.25, 0.3) is 0 Å². The van der Waals surface area contributed by atoms with Crippen molar-refractivity contribution in [2.45, 2.75) is 12.5 Å². The summed E-state index contributed by atoms with van der Waals surface area (Å²) in [4.78, 5) is 0. The molecular weight excluding hydrogens is 260 g/mol. The first-order valence-electron chi connectivity index (χ1n) is 4.87. The summed E-state index contributed by atoms with van der Waals surface area (Å²) in [6.07, 6.45) is 1.09. The van der Waals surface area contributed by atoms with Gasteiger partial charge in [-0.15, -0.1) is 0 Å². The topological polar surface area (TPSA) is 27.7 Å². The van der Waals surface area contributed by atoms with E-state index in [0.29, 0.717) is 6.61 Å². The van der Waals surface area contributed by atoms with Gasteiger partial charge in [0.05, 0.1) is 20.3 Å². The van der Waals surface area contributed by atoms with Gasteiger partial charge in [-0.2, -0.15) is 0 Å². The molecule has 0 spiro atoms. The Morgan fingerprint density at radius 3 is 2.93 bits per heavy atom. The smallest absolute Gasteiger partial charge is 0.162 e. The molecule has 0 saturated carbocycles. The largest absolute Gasteiger partial charge is 0.493 e. The minimum Gasteiger partial charge on any atom is -0.493 e. The average molecular weight is 273 g/mol. The number of halogens is 1. The van der Waals surface area contributed by atoms with E-state index in [2.05, 4.69) is 15.9 Å². The van der Waals surface area contributed by atoms with Gasteiger partial charge in [0, 0.05) is 10.9 Å². The fraction of sp³-hybridized carbons (Fsp3) is 0.455. The molecule has 1 aromatic rings. The molecule has 1 heterocycles. The van der Waals surface area contributed by atoms with Crippen LogP contribution in [0.4, 0.5) is 0 Å². The monoisotopic (exact) mass is 272 g/mol. The molecule has 15 heavy (non-hydrogen) atoms. The van der Waals surface area contributed by atoms with E-state index < -0.39 is 0 Å². The quantitative estimate of drug-likeness (QED) is 0.847. The van der Waals surface area contributed by atoms with Crippen LogP contribution in [0.5, 0.6) is 11.5 Å². The van der Waals surface area contributed by atoms with Crippen molar-refractivity contribution >= 4 is 15.9 Å². The van der Waals surface area contributed by atoms with Crippen molar-refractivity contribution < 1.29 is 14.2 Å². The number of rotatable bonds is 3. The molecule has 0 radical (unpaired) electrons. The van der Waals surface area contributed by atoms with Crippen LogP contribution in [0.15, 0.2) is 22.7 Å². The molecule has 2 rings (SSSR count). The Hall–Kier alpha value is -0.740. The van der Waals surface area contributed by atoms with E-state index in [1.165, 1.54) is 0 Å². The standard InChI is InChI=1S/C11H13BrO3/c1-13-10-3-2-8(12)6-11(10)15-9-4-5-14-7-9/h2-3,6,9H,4-5,7H2,1H3. The zero-order valence-electron chi connectivity index (χ0n) is 8.53. The van der Waals surface area contributed by atoms with Crippen LogP contribution in [0.2, 0.25) is 0 Å². The summed E-state index contributed by atoms with van der Waals surface area (Å²) in [6, 6.07) is 5.73. The van der Waals surface area contributed by atoms with Gasteiger partial charge in [0.2, 0.25) is 0 Å². The van der Waals surface area contributed by atoms with E-state index in [0.717, 1.165) is 29.0 Å². The summed E-state index contributed by atoms with van der Waals surface area (Å²) in [5.41, 5.74) is 0. The summed E-state index contributed by atoms with van der Waals surface area (Å²) in [6.45, 7) is 1.44. The van der Waals surface area contributed by atoms with E-state index in [1.807, 2.05) is 18.2 Å². The van der Waals surface area contributed by atoms with Crippen molar-refractivity contribution in [1.82, 2.24) is 0 Å². The van der Waals surface area contributed by atoms with E-state index in [9.17, 15) is 0 Å². The molecule has 0 bridgehead atoms. The Morgan fingerprint density at radius 2 is 2.27 bits per heavy atom. The highest BCUT2D eigenvalue weighted by Gasteiger charge is 2.18. The summed E-state index contributed by atoms with van der Waals surface area (Å²) >= 11 is 3.41. The highest BCUT2D eigenvalue weighted by atomic mass is 79.9. The maximum absolute atomic E-state index is 5.80. The molecule has 1 aliphatic heterocycles. The highest BCUT2D eigenvalue weighted by Crippen LogP contribution is 2.31. The minimum atomic E-state index is 0.146. The lowest BCUT2D eigenvalue weighted by Gasteiger charge is -2.14. The molecular formula is C11H13BrO3. The van der Waals surface area contributed by atoms with E-state index >= 15 is 0 Å². The van der Waals surface area contributed by atoms with E-state index in [-0.39, 0.29) is 6.10 Å². The highest BCUT2D eigenvalue weighted by molar-refractivity contribution is 9.10. The molecule has 1 fully saturated rings. The van der Waals surface area contributed by atoms with Crippen molar-refractivity contribution in [1.29, 1.82) is 0 Å². The second-order valence-corrected chi connectivity index (χ2v) is 4.31. The van der Waals surface area contributed by atoms with Crippen molar-refractivity contribution in [3.63, 3.8) is 0 Å². The van der Waals surface area contributed by atoms with Crippen LogP contribution in [0.25, 0.3) is 0 Å². The van der Waals surface area contributed by atoms with Crippen LogP contribution in [-0.4, -0.2) is 26.4 Å². The summed E-state index contributed by atoms with van der Waals surface area (Å²) < 4.78 is 17.3. The number of benzene rings is 1. The predicted molar refractivity (Wildman–Crippen MR) is 60.5 cm³/mol. The van der Waals surface area contributed by atoms with Gasteiger partial charge in [0.1, 0.15) is 6.10 Å². The van der Waals surface area contributed by atoms with Gasteiger partial charge in [-0.05, 0) is 18.2 Å². The Labute approximate surface area is 97.5 Å². The van der Waals surface area contributed by atoms with Crippen LogP contribution in [0.3, 0.4) is 0 Å². The maximum Gasteiger partial charge on any atom is 0.162 e. The molecule has 0 amide bonds. The molecule has 1 aliphatic rings. The molecule has 1 atom stereocenters. The molecule has 0 aliphatic carbocycles. The first-order valence-corrected chi connectivity index (χ1v) is 5.67. The lowest BCUT2D eigenvalue weighted by Crippen LogP contribution is -2.16. The molecule has 82 valence electrons. The number of hydrogen-bond donors (Lipinski definition) is 0. The van der Waals surface area contributed by atoms with Crippen molar-refractivity contribution in [3.05, 3.63) is 22.7 Å². The van der Waals surface area contributed by atoms with Crippen molar-refractivity contribution in [2.75, 3.05) is 20.3 Å². The molecule has 1 unspecified atom stereocenters. The average Bonchev–Trinajstić information content (AvgIpc) is 2.71. The molecule has 0 aromatic heterocycles. The Kier molecular flexibility index (Phi) is 3.49. The van der Waals surface area contributed by atoms with Crippen LogP contribution < -0.4 is 9.47 Å². The molecule has 4 heteroatoms. The van der Waals surface area contributed by atoms with Crippen LogP contribution >= 0.6 is 15.9 Å². The number of methoxy groups -OCH3 is 1. The van der Waals surface area contributed by atoms with Gasteiger partial charge in [-0.1, -0.05) is 15.9 Å². The summed E-state index contributed by atoms with van der Waals surface area (Å²) in [7, 11) is 1.64. The van der Waals surface area contributed by atoms with Gasteiger partial charge < -0.3 is 14.2 Å². The van der Waals surface area contributed by atoms with E-state index in [1.54, 1.807) is 7.11 Å². The summed E-state index contributed by atoms with van der Waals surface area (Å²) in [5.74, 6) is 1.52. The zero-order chi connectivity index (χ0) is 10.7. The molecule has 3 nitrogen and oxygen atoms in total. The van der Waals surface area contributed by atoms with E-state index in [4.69, 9.17) is 14.2 Å². The van der Waals surface area contributed by atoms with Gasteiger partial charge in [0.15, 0.2) is 11.5 Å². The SMILES string of the molecule is COc1ccc(Br)cc1OC1CCOC1. The van der Waals surface area contributed by atoms with Gasteiger partial charge >= 0.3 is 0 Å². The van der Waals surface area contributed by atoms with Crippen LogP contribution in [0.1, 0.15) is 6.42 Å². The minimum absolute atomic E-state index is 0.146. The lowest BCUT2D eigenvalue weighted by molar-refractivity contribution is 0.138. The third-order valence-corrected chi connectivity index (χ3v) is 2.80. The fourth-order valence-corrected chi connectivity index (χ4v) is 1.87. The second-order valence-electron chi connectivity index (χ2n) is 3.40. The summed E-state index contributed by atoms with van der Waals surface area (Å²) in [5, 5.41) is 0. The molecule has 1 aromatic carbocycles. The van der Waals surface area contributed by atoms with Gasteiger partial charge in [-0.25, -0.2) is 0 Å². The Bertz CT molecular complexity index is 335. The lowest BCUT2D eigenvalue weighted by atomic mass is 10.3. The van der Waals surface area contributed by atoms with Crippen LogP contribution in [-0.2, 0) is 4.74 Å². The van der Waals surface area contributed by atoms with Crippen molar-refractivity contribution in [2.24, 2.45) is 0 Å². The normalized spacial score (nSPS) is 20.3. The first-order chi connectivity index (χ1) is 7.29. The molecule has 1 saturated heterocycles. The van der Waals surface area contributed by atoms with Crippen LogP contribution in [0, 0.1) is 0 Å².